The summed E-state index contributed by atoms with van der Waals surface area (Å²) in [5, 5.41) is 20.6. The third-order valence-corrected chi connectivity index (χ3v) is 1.63. The van der Waals surface area contributed by atoms with Crippen LogP contribution < -0.4 is 11.2 Å². The number of hydrogen-bond donors (Lipinski definition) is 2. The van der Waals surface area contributed by atoms with E-state index in [1.54, 1.807) is 24.3 Å². The lowest BCUT2D eigenvalue weighted by molar-refractivity contribution is -0.111. The third-order valence-electron chi connectivity index (χ3n) is 1.63. The first-order valence-corrected chi connectivity index (χ1v) is 4.21. The molecule has 0 atom stereocenters. The number of nitrogens with two attached hydrogens (primary N) is 1. The average molecular weight is 213 g/mol. The molecule has 0 radical (unpaired) electrons. The highest BCUT2D eigenvalue weighted by molar-refractivity contribution is 6.44. The number of carbonyl (C=O) groups is 1. The molecule has 0 spiro atoms. The molecule has 78 valence electrons. The lowest BCUT2D eigenvalue weighted by Crippen LogP contribution is -2.22. The minimum atomic E-state index is -0.911. The summed E-state index contributed by atoms with van der Waals surface area (Å²) < 4.78 is 0. The van der Waals surface area contributed by atoms with E-state index in [0.29, 0.717) is 11.3 Å². The number of rotatable bonds is 3. The highest BCUT2D eigenvalue weighted by Crippen LogP contribution is 2.09. The number of hydrogen-bond acceptors (Lipinski definition) is 5. The van der Waals surface area contributed by atoms with Crippen molar-refractivity contribution in [1.29, 1.82) is 10.5 Å². The topological polar surface area (TPSA) is 115 Å². The maximum atomic E-state index is 10.7. The van der Waals surface area contributed by atoms with Crippen molar-refractivity contribution in [3.8, 4) is 12.1 Å². The standard InChI is InChI=1S/C10H7N5O/c11-5-7-2-1-3-8(4-7)14-15-9(6-12)10(13)16/h1-4,14H,(H2,13,16). The van der Waals surface area contributed by atoms with Gasteiger partial charge in [0.15, 0.2) is 0 Å². The van der Waals surface area contributed by atoms with Crippen molar-refractivity contribution < 1.29 is 4.79 Å². The molecule has 3 N–H and O–H groups in total. The summed E-state index contributed by atoms with van der Waals surface area (Å²) >= 11 is 0. The van der Waals surface area contributed by atoms with Gasteiger partial charge >= 0.3 is 0 Å². The smallest absolute Gasteiger partial charge is 0.280 e. The number of nitriles is 2. The number of nitrogens with zero attached hydrogens (tertiary/aromatic N) is 3. The van der Waals surface area contributed by atoms with Crippen molar-refractivity contribution in [2.24, 2.45) is 10.8 Å². The summed E-state index contributed by atoms with van der Waals surface area (Å²) in [5.74, 6) is -0.911. The largest absolute Gasteiger partial charge is 0.364 e. The van der Waals surface area contributed by atoms with Crippen molar-refractivity contribution in [3.05, 3.63) is 29.8 Å². The molecule has 6 nitrogen and oxygen atoms in total. The first-order valence-electron chi connectivity index (χ1n) is 4.21. The second-order valence-electron chi connectivity index (χ2n) is 2.74. The van der Waals surface area contributed by atoms with Gasteiger partial charge < -0.3 is 5.73 Å². The molecule has 1 aromatic rings. The summed E-state index contributed by atoms with van der Waals surface area (Å²) in [5.41, 5.74) is 7.86. The van der Waals surface area contributed by atoms with E-state index in [9.17, 15) is 4.79 Å². The predicted molar refractivity (Wildman–Crippen MR) is 57.0 cm³/mol. The Hall–Kier alpha value is -2.86. The molecule has 0 aliphatic carbocycles. The van der Waals surface area contributed by atoms with Crippen LogP contribution in [0.2, 0.25) is 0 Å². The summed E-state index contributed by atoms with van der Waals surface area (Å²) in [4.78, 5) is 10.7. The summed E-state index contributed by atoms with van der Waals surface area (Å²) in [6.07, 6.45) is 0. The zero-order valence-corrected chi connectivity index (χ0v) is 8.14. The van der Waals surface area contributed by atoms with Crippen LogP contribution in [-0.4, -0.2) is 11.6 Å². The molecule has 0 aliphatic heterocycles. The molecule has 0 unspecified atom stereocenters. The molecule has 1 amide bonds. The van der Waals surface area contributed by atoms with Crippen LogP contribution in [0.1, 0.15) is 5.56 Å². The number of hydrazone groups is 1. The van der Waals surface area contributed by atoms with E-state index >= 15 is 0 Å². The van der Waals surface area contributed by atoms with E-state index in [1.807, 2.05) is 6.07 Å². The van der Waals surface area contributed by atoms with Gasteiger partial charge in [0, 0.05) is 0 Å². The molecule has 0 bridgehead atoms. The van der Waals surface area contributed by atoms with Crippen LogP contribution in [0.15, 0.2) is 29.4 Å². The average Bonchev–Trinajstić information content (AvgIpc) is 2.29. The molecule has 0 saturated carbocycles. The molecule has 6 heteroatoms. The van der Waals surface area contributed by atoms with Crippen molar-refractivity contribution in [2.75, 3.05) is 5.43 Å². The Kier molecular flexibility index (Phi) is 3.59. The van der Waals surface area contributed by atoms with Gasteiger partial charge in [-0.1, -0.05) is 6.07 Å². The van der Waals surface area contributed by atoms with Crippen LogP contribution in [0.4, 0.5) is 5.69 Å². The predicted octanol–water partition coefficient (Wildman–Crippen LogP) is 0.335. The zero-order chi connectivity index (χ0) is 12.0. The minimum absolute atomic E-state index is 0.428. The second kappa shape index (κ2) is 5.13. The van der Waals surface area contributed by atoms with Gasteiger partial charge in [-0.3, -0.25) is 10.2 Å². The Bertz CT molecular complexity index is 521. The fourth-order valence-electron chi connectivity index (χ4n) is 0.914. The Morgan fingerprint density at radius 2 is 2.19 bits per heavy atom. The SMILES string of the molecule is N#CC(=NNc1cccc(C#N)c1)C(N)=O. The monoisotopic (exact) mass is 213 g/mol. The van der Waals surface area contributed by atoms with Crippen molar-refractivity contribution >= 4 is 17.3 Å². The van der Waals surface area contributed by atoms with Crippen molar-refractivity contribution in [2.45, 2.75) is 0 Å². The molecular formula is C10H7N5O. The van der Waals surface area contributed by atoms with Crippen LogP contribution in [0.5, 0.6) is 0 Å². The number of benzene rings is 1. The third kappa shape index (κ3) is 2.82. The minimum Gasteiger partial charge on any atom is -0.364 e. The number of carbonyl (C=O) groups excluding carboxylic acids is 1. The lowest BCUT2D eigenvalue weighted by atomic mass is 10.2. The Balaban J connectivity index is 2.86. The van der Waals surface area contributed by atoms with Crippen LogP contribution >= 0.6 is 0 Å². The van der Waals surface area contributed by atoms with Crippen molar-refractivity contribution in [1.82, 2.24) is 0 Å². The second-order valence-corrected chi connectivity index (χ2v) is 2.74. The van der Waals surface area contributed by atoms with Crippen molar-refractivity contribution in [3.63, 3.8) is 0 Å². The normalized spacial score (nSPS) is 10.0. The van der Waals surface area contributed by atoms with Crippen LogP contribution in [0, 0.1) is 22.7 Å². The maximum absolute atomic E-state index is 10.7. The molecule has 1 aromatic carbocycles. The number of nitrogens with one attached hydrogen (secondary N) is 1. The first-order chi connectivity index (χ1) is 7.67. The van der Waals surface area contributed by atoms with E-state index in [-0.39, 0.29) is 0 Å². The fraction of sp³-hybridized carbons (Fsp3) is 0. The van der Waals surface area contributed by atoms with Gasteiger partial charge in [-0.2, -0.15) is 15.6 Å². The fourth-order valence-corrected chi connectivity index (χ4v) is 0.914. The molecule has 0 aromatic heterocycles. The molecule has 0 saturated heterocycles. The van der Waals surface area contributed by atoms with Gasteiger partial charge in [0.25, 0.3) is 5.91 Å². The number of anilines is 1. The summed E-state index contributed by atoms with van der Waals surface area (Å²) in [7, 11) is 0. The van der Waals surface area contributed by atoms with Crippen LogP contribution in [-0.2, 0) is 4.79 Å². The molecule has 0 fully saturated rings. The number of primary amides is 1. The Morgan fingerprint density at radius 1 is 1.44 bits per heavy atom. The van der Waals surface area contributed by atoms with Gasteiger partial charge in [-0.25, -0.2) is 0 Å². The zero-order valence-electron chi connectivity index (χ0n) is 8.14. The molecule has 1 rings (SSSR count). The van der Waals surface area contributed by atoms with Gasteiger partial charge in [0.2, 0.25) is 5.71 Å². The van der Waals surface area contributed by atoms with E-state index in [2.05, 4.69) is 10.5 Å². The molecule has 0 heterocycles. The van der Waals surface area contributed by atoms with Gasteiger partial charge in [-0.05, 0) is 18.2 Å². The van der Waals surface area contributed by atoms with Gasteiger partial charge in [0.1, 0.15) is 6.07 Å². The lowest BCUT2D eigenvalue weighted by Gasteiger charge is -1.99. The van der Waals surface area contributed by atoms with E-state index in [0.717, 1.165) is 0 Å². The first kappa shape index (κ1) is 11.2. The van der Waals surface area contributed by atoms with Gasteiger partial charge in [0.05, 0.1) is 17.3 Å². The quantitative estimate of drug-likeness (QED) is 0.556. The van der Waals surface area contributed by atoms with E-state index in [4.69, 9.17) is 16.3 Å². The summed E-state index contributed by atoms with van der Waals surface area (Å²) in [6, 6.07) is 9.93. The van der Waals surface area contributed by atoms with Crippen LogP contribution in [0.3, 0.4) is 0 Å². The van der Waals surface area contributed by atoms with Crippen LogP contribution in [0.25, 0.3) is 0 Å². The number of amides is 1. The highest BCUT2D eigenvalue weighted by atomic mass is 16.1. The molecule has 0 aliphatic rings. The maximum Gasteiger partial charge on any atom is 0.280 e. The Morgan fingerprint density at radius 3 is 2.75 bits per heavy atom. The Labute approximate surface area is 91.6 Å². The highest BCUT2D eigenvalue weighted by Gasteiger charge is 2.04. The molecule has 16 heavy (non-hydrogen) atoms. The summed E-state index contributed by atoms with van der Waals surface area (Å²) in [6.45, 7) is 0. The van der Waals surface area contributed by atoms with E-state index < -0.39 is 11.6 Å². The van der Waals surface area contributed by atoms with E-state index in [1.165, 1.54) is 6.07 Å². The molecular weight excluding hydrogens is 206 g/mol. The van der Waals surface area contributed by atoms with Gasteiger partial charge in [-0.15, -0.1) is 0 Å².